The van der Waals surface area contributed by atoms with Gasteiger partial charge >= 0.3 is 0 Å². The van der Waals surface area contributed by atoms with Crippen molar-refractivity contribution < 1.29 is 4.79 Å². The number of halogens is 1. The van der Waals surface area contributed by atoms with Gasteiger partial charge in [0.15, 0.2) is 0 Å². The average molecular weight is 364 g/mol. The Hall–Kier alpha value is -3.25. The molecule has 0 aliphatic rings. The summed E-state index contributed by atoms with van der Waals surface area (Å²) in [6.45, 7) is 0. The molecule has 0 saturated heterocycles. The zero-order valence-corrected chi connectivity index (χ0v) is 14.6. The van der Waals surface area contributed by atoms with Crippen LogP contribution in [-0.2, 0) is 0 Å². The van der Waals surface area contributed by atoms with Crippen LogP contribution in [0.4, 0.5) is 5.69 Å². The van der Waals surface area contributed by atoms with Gasteiger partial charge in [-0.25, -0.2) is 9.97 Å². The topological polar surface area (TPSA) is 63.4 Å². The third-order valence-corrected chi connectivity index (χ3v) is 4.28. The first-order valence-electron chi connectivity index (χ1n) is 7.93. The van der Waals surface area contributed by atoms with Crippen LogP contribution in [0.15, 0.2) is 67.1 Å². The van der Waals surface area contributed by atoms with Gasteiger partial charge in [0, 0.05) is 36.3 Å². The Morgan fingerprint density at radius 1 is 1.04 bits per heavy atom. The summed E-state index contributed by atoms with van der Waals surface area (Å²) >= 11 is 5.94. The van der Waals surface area contributed by atoms with Crippen molar-refractivity contribution in [3.63, 3.8) is 0 Å². The first-order valence-corrected chi connectivity index (χ1v) is 8.31. The molecular formula is C19H14ClN5O. The highest BCUT2D eigenvalue weighted by Gasteiger charge is 2.25. The number of aromatic nitrogens is 4. The van der Waals surface area contributed by atoms with E-state index in [1.54, 1.807) is 65.3 Å². The fraction of sp³-hybridized carbons (Fsp3) is 0.0526. The Balaban J connectivity index is 1.87. The van der Waals surface area contributed by atoms with Gasteiger partial charge in [-0.05, 0) is 42.5 Å². The number of nitrogens with zero attached hydrogens (tertiary/aromatic N) is 5. The lowest BCUT2D eigenvalue weighted by Gasteiger charge is -2.17. The number of carbonyl (C=O) groups excluding carboxylic acids is 1. The summed E-state index contributed by atoms with van der Waals surface area (Å²) in [6.07, 6.45) is 5.08. The number of anilines is 1. The number of hydrogen-bond donors (Lipinski definition) is 0. The van der Waals surface area contributed by atoms with Crippen molar-refractivity contribution in [1.82, 2.24) is 19.4 Å². The SMILES string of the molecule is CN(C(=O)c1c(-c2ccccn2)nc2ncccn12)c1ccc(Cl)cc1. The minimum atomic E-state index is -0.214. The van der Waals surface area contributed by atoms with Gasteiger partial charge < -0.3 is 4.90 Å². The molecular weight excluding hydrogens is 350 g/mol. The molecule has 7 heteroatoms. The van der Waals surface area contributed by atoms with Crippen LogP contribution in [-0.4, -0.2) is 32.3 Å². The largest absolute Gasteiger partial charge is 0.310 e. The summed E-state index contributed by atoms with van der Waals surface area (Å²) in [7, 11) is 1.71. The van der Waals surface area contributed by atoms with Crippen molar-refractivity contribution in [2.75, 3.05) is 11.9 Å². The molecule has 0 spiro atoms. The van der Waals surface area contributed by atoms with Gasteiger partial charge in [0.05, 0.1) is 5.69 Å². The quantitative estimate of drug-likeness (QED) is 0.556. The summed E-state index contributed by atoms with van der Waals surface area (Å²) in [5.41, 5.74) is 2.25. The molecule has 0 saturated carbocycles. The predicted octanol–water partition coefficient (Wildman–Crippen LogP) is 3.72. The van der Waals surface area contributed by atoms with Gasteiger partial charge in [0.2, 0.25) is 5.78 Å². The second kappa shape index (κ2) is 6.57. The molecule has 0 aliphatic heterocycles. The van der Waals surface area contributed by atoms with Gasteiger partial charge in [-0.1, -0.05) is 17.7 Å². The Morgan fingerprint density at radius 3 is 2.54 bits per heavy atom. The van der Waals surface area contributed by atoms with E-state index in [0.717, 1.165) is 5.69 Å². The fourth-order valence-electron chi connectivity index (χ4n) is 2.71. The number of imidazole rings is 1. The summed E-state index contributed by atoms with van der Waals surface area (Å²) in [6, 6.07) is 14.3. The lowest BCUT2D eigenvalue weighted by molar-refractivity contribution is 0.0988. The first kappa shape index (κ1) is 16.2. The molecule has 0 aliphatic carbocycles. The van der Waals surface area contributed by atoms with Crippen molar-refractivity contribution >= 4 is 29.0 Å². The van der Waals surface area contributed by atoms with E-state index >= 15 is 0 Å². The van der Waals surface area contributed by atoms with Crippen molar-refractivity contribution in [3.8, 4) is 11.4 Å². The molecule has 4 aromatic rings. The van der Waals surface area contributed by atoms with Crippen LogP contribution >= 0.6 is 11.6 Å². The van der Waals surface area contributed by atoms with E-state index in [0.29, 0.717) is 27.9 Å². The Kier molecular flexibility index (Phi) is 4.10. The van der Waals surface area contributed by atoms with Crippen LogP contribution in [0.3, 0.4) is 0 Å². The molecule has 128 valence electrons. The third-order valence-electron chi connectivity index (χ3n) is 4.03. The molecule has 4 rings (SSSR count). The molecule has 0 fully saturated rings. The van der Waals surface area contributed by atoms with E-state index in [4.69, 9.17) is 11.6 Å². The Labute approximate surface area is 154 Å². The van der Waals surface area contributed by atoms with Crippen LogP contribution in [0, 0.1) is 0 Å². The zero-order valence-electron chi connectivity index (χ0n) is 13.9. The third kappa shape index (κ3) is 2.80. The van der Waals surface area contributed by atoms with E-state index < -0.39 is 0 Å². The van der Waals surface area contributed by atoms with Crippen molar-refractivity contribution in [2.45, 2.75) is 0 Å². The molecule has 0 bridgehead atoms. The molecule has 3 heterocycles. The lowest BCUT2D eigenvalue weighted by Crippen LogP contribution is -2.28. The zero-order chi connectivity index (χ0) is 18.1. The molecule has 3 aromatic heterocycles. The second-order valence-electron chi connectivity index (χ2n) is 5.65. The fourth-order valence-corrected chi connectivity index (χ4v) is 2.84. The Bertz CT molecular complexity index is 1080. The molecule has 6 nitrogen and oxygen atoms in total. The normalized spacial score (nSPS) is 10.8. The standard InChI is InChI=1S/C19H14ClN5O/c1-24(14-8-6-13(20)7-9-14)18(26)17-16(15-5-2-3-10-21-15)23-19-22-11-4-12-25(17)19/h2-12H,1H3. The number of amides is 1. The number of pyridine rings is 1. The van der Waals surface area contributed by atoms with E-state index in [9.17, 15) is 4.79 Å². The maximum absolute atomic E-state index is 13.3. The molecule has 1 amide bonds. The number of fused-ring (bicyclic) bond motifs is 1. The maximum atomic E-state index is 13.3. The highest BCUT2D eigenvalue weighted by atomic mass is 35.5. The molecule has 0 unspecified atom stereocenters. The van der Waals surface area contributed by atoms with E-state index in [2.05, 4.69) is 15.0 Å². The smallest absolute Gasteiger partial charge is 0.277 e. The molecule has 0 atom stereocenters. The van der Waals surface area contributed by atoms with Gasteiger partial charge in [-0.3, -0.25) is 14.2 Å². The van der Waals surface area contributed by atoms with Gasteiger partial charge in [-0.15, -0.1) is 0 Å². The van der Waals surface area contributed by atoms with Gasteiger partial charge in [0.25, 0.3) is 5.91 Å². The average Bonchev–Trinajstić information content (AvgIpc) is 3.08. The molecule has 26 heavy (non-hydrogen) atoms. The number of benzene rings is 1. The minimum absolute atomic E-state index is 0.214. The molecule has 0 N–H and O–H groups in total. The summed E-state index contributed by atoms with van der Waals surface area (Å²) in [4.78, 5) is 27.9. The van der Waals surface area contributed by atoms with E-state index in [1.807, 2.05) is 18.2 Å². The molecule has 1 aromatic carbocycles. The van der Waals surface area contributed by atoms with Crippen LogP contribution in [0.1, 0.15) is 10.5 Å². The van der Waals surface area contributed by atoms with Crippen molar-refractivity contribution in [3.05, 3.63) is 77.8 Å². The molecule has 0 radical (unpaired) electrons. The van der Waals surface area contributed by atoms with Crippen molar-refractivity contribution in [1.29, 1.82) is 0 Å². The minimum Gasteiger partial charge on any atom is -0.310 e. The predicted molar refractivity (Wildman–Crippen MR) is 100 cm³/mol. The van der Waals surface area contributed by atoms with Gasteiger partial charge in [0.1, 0.15) is 11.4 Å². The van der Waals surface area contributed by atoms with Crippen LogP contribution in [0.5, 0.6) is 0 Å². The van der Waals surface area contributed by atoms with Gasteiger partial charge in [-0.2, -0.15) is 0 Å². The van der Waals surface area contributed by atoms with Crippen LogP contribution in [0.2, 0.25) is 5.02 Å². The number of rotatable bonds is 3. The van der Waals surface area contributed by atoms with E-state index in [1.165, 1.54) is 0 Å². The number of hydrogen-bond acceptors (Lipinski definition) is 4. The summed E-state index contributed by atoms with van der Waals surface area (Å²) in [5.74, 6) is 0.231. The maximum Gasteiger partial charge on any atom is 0.277 e. The lowest BCUT2D eigenvalue weighted by atomic mass is 10.2. The van der Waals surface area contributed by atoms with Crippen LogP contribution < -0.4 is 4.90 Å². The Morgan fingerprint density at radius 2 is 1.81 bits per heavy atom. The second-order valence-corrected chi connectivity index (χ2v) is 6.09. The monoisotopic (exact) mass is 363 g/mol. The summed E-state index contributed by atoms with van der Waals surface area (Å²) < 4.78 is 1.68. The highest BCUT2D eigenvalue weighted by molar-refractivity contribution is 6.30. The van der Waals surface area contributed by atoms with E-state index in [-0.39, 0.29) is 5.91 Å². The first-order chi connectivity index (χ1) is 12.6. The van der Waals surface area contributed by atoms with Crippen LogP contribution in [0.25, 0.3) is 17.2 Å². The highest BCUT2D eigenvalue weighted by Crippen LogP contribution is 2.25. The van der Waals surface area contributed by atoms with Crippen molar-refractivity contribution in [2.24, 2.45) is 0 Å². The number of carbonyl (C=O) groups is 1. The summed E-state index contributed by atoms with van der Waals surface area (Å²) in [5, 5.41) is 0.614.